The molecule has 1 N–H and O–H groups in total. The molecule has 0 aromatic heterocycles. The molecule has 0 heterocycles. The van der Waals surface area contributed by atoms with Gasteiger partial charge in [-0.1, -0.05) is 6.07 Å². The maximum absolute atomic E-state index is 11.7. The number of rotatable bonds is 5. The van der Waals surface area contributed by atoms with Gasteiger partial charge in [0.2, 0.25) is 5.91 Å². The number of amides is 1. The highest BCUT2D eigenvalue weighted by Crippen LogP contribution is 2.19. The minimum Gasteiger partial charge on any atom is -0.495 e. The summed E-state index contributed by atoms with van der Waals surface area (Å²) in [6.45, 7) is 2.37. The Bertz CT molecular complexity index is 492. The van der Waals surface area contributed by atoms with E-state index < -0.39 is 0 Å². The van der Waals surface area contributed by atoms with Gasteiger partial charge in [-0.25, -0.2) is 0 Å². The third-order valence-corrected chi connectivity index (χ3v) is 2.81. The third kappa shape index (κ3) is 3.97. The van der Waals surface area contributed by atoms with Gasteiger partial charge < -0.3 is 15.0 Å². The lowest BCUT2D eigenvalue weighted by Crippen LogP contribution is -2.41. The highest BCUT2D eigenvalue weighted by Gasteiger charge is 2.14. The van der Waals surface area contributed by atoms with E-state index >= 15 is 0 Å². The molecule has 0 aliphatic carbocycles. The molecule has 1 aromatic rings. The summed E-state index contributed by atoms with van der Waals surface area (Å²) in [6, 6.07) is 7.18. The van der Waals surface area contributed by atoms with Crippen molar-refractivity contribution < 1.29 is 9.53 Å². The summed E-state index contributed by atoms with van der Waals surface area (Å²) in [5.74, 6) is 0.578. The van der Waals surface area contributed by atoms with Crippen LogP contribution in [0.1, 0.15) is 18.1 Å². The van der Waals surface area contributed by atoms with Crippen molar-refractivity contribution in [2.75, 3.05) is 21.2 Å². The molecule has 0 fully saturated rings. The third-order valence-electron chi connectivity index (χ3n) is 2.81. The first-order chi connectivity index (χ1) is 8.99. The lowest BCUT2D eigenvalue weighted by molar-refractivity contribution is -0.130. The Hall–Kier alpha value is -2.06. The molecule has 0 saturated heterocycles. The number of carbonyl (C=O) groups excluding carboxylic acids is 1. The molecule has 1 aromatic carbocycles. The quantitative estimate of drug-likeness (QED) is 0.863. The number of nitrogens with one attached hydrogen (secondary N) is 1. The minimum absolute atomic E-state index is 0.0283. The van der Waals surface area contributed by atoms with Crippen LogP contribution in [0.3, 0.4) is 0 Å². The van der Waals surface area contributed by atoms with Gasteiger partial charge in [-0.15, -0.1) is 0 Å². The van der Waals surface area contributed by atoms with Crippen LogP contribution in [0.15, 0.2) is 18.2 Å². The minimum atomic E-state index is -0.253. The zero-order valence-electron chi connectivity index (χ0n) is 11.7. The molecule has 5 nitrogen and oxygen atoms in total. The molecule has 0 radical (unpaired) electrons. The zero-order chi connectivity index (χ0) is 14.4. The fourth-order valence-corrected chi connectivity index (χ4v) is 1.68. The first kappa shape index (κ1) is 15.0. The summed E-state index contributed by atoms with van der Waals surface area (Å²) in [5, 5.41) is 12.0. The first-order valence-corrected chi connectivity index (χ1v) is 6.01. The summed E-state index contributed by atoms with van der Waals surface area (Å²) < 4.78 is 5.14. The number of nitrogens with zero attached hydrogens (tertiary/aromatic N) is 2. The van der Waals surface area contributed by atoms with Gasteiger partial charge in [0.15, 0.2) is 0 Å². The van der Waals surface area contributed by atoms with E-state index in [1.54, 1.807) is 31.1 Å². The van der Waals surface area contributed by atoms with Crippen LogP contribution in [0.4, 0.5) is 0 Å². The Morgan fingerprint density at radius 3 is 2.74 bits per heavy atom. The van der Waals surface area contributed by atoms with Crippen LogP contribution in [0.2, 0.25) is 0 Å². The van der Waals surface area contributed by atoms with Crippen molar-refractivity contribution in [2.45, 2.75) is 19.5 Å². The van der Waals surface area contributed by atoms with E-state index in [0.717, 1.165) is 5.56 Å². The van der Waals surface area contributed by atoms with Crippen molar-refractivity contribution >= 4 is 5.91 Å². The first-order valence-electron chi connectivity index (χ1n) is 6.01. The van der Waals surface area contributed by atoms with Crippen LogP contribution in [-0.4, -0.2) is 38.1 Å². The lowest BCUT2D eigenvalue weighted by atomic mass is 10.1. The van der Waals surface area contributed by atoms with Crippen molar-refractivity contribution in [1.29, 1.82) is 5.26 Å². The normalized spacial score (nSPS) is 11.5. The van der Waals surface area contributed by atoms with Crippen molar-refractivity contribution in [3.63, 3.8) is 0 Å². The molecule has 1 rings (SSSR count). The van der Waals surface area contributed by atoms with Gasteiger partial charge in [-0.2, -0.15) is 5.26 Å². The molecule has 0 aliphatic heterocycles. The van der Waals surface area contributed by atoms with Gasteiger partial charge in [0.1, 0.15) is 11.8 Å². The Kier molecular flexibility index (Phi) is 5.34. The monoisotopic (exact) mass is 261 g/mol. The molecule has 0 bridgehead atoms. The zero-order valence-corrected chi connectivity index (χ0v) is 11.7. The second kappa shape index (κ2) is 6.76. The predicted octanol–water partition coefficient (Wildman–Crippen LogP) is 1.13. The maximum atomic E-state index is 11.7. The summed E-state index contributed by atoms with van der Waals surface area (Å²) in [6.07, 6.45) is 0. The van der Waals surface area contributed by atoms with Crippen LogP contribution in [0, 0.1) is 11.3 Å². The fourth-order valence-electron chi connectivity index (χ4n) is 1.68. The van der Waals surface area contributed by atoms with E-state index in [1.165, 1.54) is 7.11 Å². The summed E-state index contributed by atoms with van der Waals surface area (Å²) >= 11 is 0. The Balaban J connectivity index is 2.69. The van der Waals surface area contributed by atoms with Crippen molar-refractivity contribution in [3.05, 3.63) is 29.3 Å². The average molecular weight is 261 g/mol. The summed E-state index contributed by atoms with van der Waals surface area (Å²) in [7, 11) is 4.99. The number of ether oxygens (including phenoxy) is 1. The van der Waals surface area contributed by atoms with E-state index in [0.29, 0.717) is 17.9 Å². The van der Waals surface area contributed by atoms with Crippen LogP contribution in [0.25, 0.3) is 0 Å². The predicted molar refractivity (Wildman–Crippen MR) is 72.7 cm³/mol. The standard InChI is InChI=1S/C14H19N3O2/c1-10(14(18)17(2)3)16-9-11-5-6-12(8-15)13(7-11)19-4/h5-7,10,16H,9H2,1-4H3. The summed E-state index contributed by atoms with van der Waals surface area (Å²) in [5.41, 5.74) is 1.47. The fraction of sp³-hybridized carbons (Fsp3) is 0.429. The van der Waals surface area contributed by atoms with Gasteiger partial charge in [0.05, 0.1) is 18.7 Å². The molecule has 19 heavy (non-hydrogen) atoms. The smallest absolute Gasteiger partial charge is 0.238 e. The average Bonchev–Trinajstić information content (AvgIpc) is 2.43. The Morgan fingerprint density at radius 2 is 2.21 bits per heavy atom. The summed E-state index contributed by atoms with van der Waals surface area (Å²) in [4.78, 5) is 13.2. The highest BCUT2D eigenvalue weighted by molar-refractivity contribution is 5.80. The second-order valence-corrected chi connectivity index (χ2v) is 4.48. The number of likely N-dealkylation sites (N-methyl/N-ethyl adjacent to an activating group) is 1. The lowest BCUT2D eigenvalue weighted by Gasteiger charge is -2.18. The molecule has 102 valence electrons. The number of hydrogen-bond donors (Lipinski definition) is 1. The second-order valence-electron chi connectivity index (χ2n) is 4.48. The van der Waals surface area contributed by atoms with Gasteiger partial charge in [-0.3, -0.25) is 4.79 Å². The van der Waals surface area contributed by atoms with Crippen molar-refractivity contribution in [3.8, 4) is 11.8 Å². The van der Waals surface area contributed by atoms with Gasteiger partial charge >= 0.3 is 0 Å². The Labute approximate surface area is 113 Å². The van der Waals surface area contributed by atoms with Gasteiger partial charge in [0.25, 0.3) is 0 Å². The molecule has 1 atom stereocenters. The number of carbonyl (C=O) groups is 1. The van der Waals surface area contributed by atoms with Crippen LogP contribution < -0.4 is 10.1 Å². The highest BCUT2D eigenvalue weighted by atomic mass is 16.5. The molecule has 0 aliphatic rings. The van der Waals surface area contributed by atoms with E-state index in [-0.39, 0.29) is 11.9 Å². The molecule has 5 heteroatoms. The molecule has 1 unspecified atom stereocenters. The van der Waals surface area contributed by atoms with Crippen LogP contribution in [-0.2, 0) is 11.3 Å². The SMILES string of the molecule is COc1cc(CNC(C)C(=O)N(C)C)ccc1C#N. The Morgan fingerprint density at radius 1 is 1.53 bits per heavy atom. The maximum Gasteiger partial charge on any atom is 0.238 e. The largest absolute Gasteiger partial charge is 0.495 e. The molecular formula is C14H19N3O2. The topological polar surface area (TPSA) is 65.4 Å². The number of methoxy groups -OCH3 is 1. The van der Waals surface area contributed by atoms with Crippen molar-refractivity contribution in [1.82, 2.24) is 10.2 Å². The number of nitriles is 1. The van der Waals surface area contributed by atoms with E-state index in [2.05, 4.69) is 11.4 Å². The molecule has 0 saturated carbocycles. The van der Waals surface area contributed by atoms with E-state index in [4.69, 9.17) is 10.00 Å². The number of hydrogen-bond acceptors (Lipinski definition) is 4. The van der Waals surface area contributed by atoms with Crippen molar-refractivity contribution in [2.24, 2.45) is 0 Å². The molecule has 0 spiro atoms. The van der Waals surface area contributed by atoms with Gasteiger partial charge in [0, 0.05) is 20.6 Å². The van der Waals surface area contributed by atoms with Crippen LogP contribution >= 0.6 is 0 Å². The van der Waals surface area contributed by atoms with Crippen LogP contribution in [0.5, 0.6) is 5.75 Å². The number of benzene rings is 1. The van der Waals surface area contributed by atoms with E-state index in [1.807, 2.05) is 13.0 Å². The molecule has 1 amide bonds. The van der Waals surface area contributed by atoms with Gasteiger partial charge in [-0.05, 0) is 24.6 Å². The van der Waals surface area contributed by atoms with E-state index in [9.17, 15) is 4.79 Å². The molecular weight excluding hydrogens is 242 g/mol.